The van der Waals surface area contributed by atoms with Crippen LogP contribution in [0.4, 0.5) is 0 Å². The Morgan fingerprint density at radius 3 is 1.65 bits per heavy atom. The second-order valence-corrected chi connectivity index (χ2v) is 8.12. The van der Waals surface area contributed by atoms with Gasteiger partial charge in [0.2, 0.25) is 0 Å². The van der Waals surface area contributed by atoms with Gasteiger partial charge in [0.05, 0.1) is 31.5 Å². The van der Waals surface area contributed by atoms with Crippen molar-refractivity contribution in [1.29, 1.82) is 0 Å². The molecule has 3 aliphatic rings. The molecule has 0 aliphatic carbocycles. The number of ether oxygens (including phenoxy) is 6. The summed E-state index contributed by atoms with van der Waals surface area (Å²) >= 11 is 0. The van der Waals surface area contributed by atoms with E-state index in [-0.39, 0.29) is 30.3 Å². The van der Waals surface area contributed by atoms with Gasteiger partial charge < -0.3 is 28.4 Å². The first-order valence-electron chi connectivity index (χ1n) is 8.47. The third kappa shape index (κ3) is 3.72. The lowest BCUT2D eigenvalue weighted by atomic mass is 9.86. The first kappa shape index (κ1) is 17.6. The summed E-state index contributed by atoms with van der Waals surface area (Å²) in [5.41, 5.74) is 0. The van der Waals surface area contributed by atoms with Crippen LogP contribution in [0.5, 0.6) is 0 Å². The Morgan fingerprint density at radius 2 is 1.17 bits per heavy atom. The van der Waals surface area contributed by atoms with Crippen molar-refractivity contribution in [2.24, 2.45) is 5.92 Å². The lowest BCUT2D eigenvalue weighted by Crippen LogP contribution is -2.58. The second-order valence-electron chi connectivity index (χ2n) is 8.12. The average molecular weight is 330 g/mol. The summed E-state index contributed by atoms with van der Waals surface area (Å²) < 4.78 is 36.0. The van der Waals surface area contributed by atoms with Crippen LogP contribution in [0, 0.1) is 5.92 Å². The summed E-state index contributed by atoms with van der Waals surface area (Å²) in [5, 5.41) is 0. The molecule has 0 bridgehead atoms. The van der Waals surface area contributed by atoms with E-state index in [0.717, 1.165) is 0 Å². The normalized spacial score (nSPS) is 45.3. The van der Waals surface area contributed by atoms with Crippen LogP contribution in [-0.4, -0.2) is 55.0 Å². The van der Waals surface area contributed by atoms with Gasteiger partial charge in [0.25, 0.3) is 0 Å². The molecule has 6 nitrogen and oxygen atoms in total. The van der Waals surface area contributed by atoms with Crippen molar-refractivity contribution in [2.45, 2.75) is 90.2 Å². The van der Waals surface area contributed by atoms with Crippen LogP contribution in [0.1, 0.15) is 48.5 Å². The molecule has 0 aromatic rings. The number of rotatable bonds is 2. The predicted molar refractivity (Wildman–Crippen MR) is 82.8 cm³/mol. The quantitative estimate of drug-likeness (QED) is 0.775. The van der Waals surface area contributed by atoms with Gasteiger partial charge in [-0.1, -0.05) is 0 Å². The van der Waals surface area contributed by atoms with E-state index in [0.29, 0.717) is 13.2 Å². The van der Waals surface area contributed by atoms with Crippen LogP contribution < -0.4 is 0 Å². The van der Waals surface area contributed by atoms with E-state index in [4.69, 9.17) is 28.4 Å². The van der Waals surface area contributed by atoms with Crippen molar-refractivity contribution in [3.63, 3.8) is 0 Å². The van der Waals surface area contributed by atoms with Crippen LogP contribution >= 0.6 is 0 Å². The highest BCUT2D eigenvalue weighted by molar-refractivity contribution is 4.96. The maximum Gasteiger partial charge on any atom is 0.163 e. The molecular weight excluding hydrogens is 300 g/mol. The van der Waals surface area contributed by atoms with Gasteiger partial charge in [-0.15, -0.1) is 0 Å². The molecule has 0 amide bonds. The minimum absolute atomic E-state index is 0.0206. The SMILES string of the molecule is C[C@@H]1OC(C)(C)O[C@H]([C@H]2COC(C)(C)O2)[C@H]1[C@H]1COC(C)(C)O1. The Hall–Kier alpha value is -0.240. The van der Waals surface area contributed by atoms with Gasteiger partial charge in [0.15, 0.2) is 17.4 Å². The summed E-state index contributed by atoms with van der Waals surface area (Å²) in [6.07, 6.45) is -0.432. The van der Waals surface area contributed by atoms with E-state index in [9.17, 15) is 0 Å². The molecule has 3 saturated heterocycles. The zero-order valence-electron chi connectivity index (χ0n) is 15.3. The van der Waals surface area contributed by atoms with Crippen LogP contribution in [0.3, 0.4) is 0 Å². The molecule has 0 N–H and O–H groups in total. The van der Waals surface area contributed by atoms with Crippen molar-refractivity contribution in [3.05, 3.63) is 0 Å². The molecular formula is C17H30O6. The van der Waals surface area contributed by atoms with Crippen molar-refractivity contribution in [3.8, 4) is 0 Å². The zero-order valence-corrected chi connectivity index (χ0v) is 15.3. The van der Waals surface area contributed by atoms with Crippen molar-refractivity contribution >= 4 is 0 Å². The van der Waals surface area contributed by atoms with Gasteiger partial charge in [-0.3, -0.25) is 0 Å². The summed E-state index contributed by atoms with van der Waals surface area (Å²) in [6.45, 7) is 14.7. The Balaban J connectivity index is 1.82. The Labute approximate surface area is 138 Å². The van der Waals surface area contributed by atoms with Crippen molar-refractivity contribution < 1.29 is 28.4 Å². The molecule has 3 heterocycles. The van der Waals surface area contributed by atoms with E-state index in [1.165, 1.54) is 0 Å². The minimum Gasteiger partial charge on any atom is -0.348 e. The third-order valence-corrected chi connectivity index (χ3v) is 4.67. The minimum atomic E-state index is -0.661. The lowest BCUT2D eigenvalue weighted by Gasteiger charge is -2.48. The van der Waals surface area contributed by atoms with Gasteiger partial charge in [-0.2, -0.15) is 0 Å². The fourth-order valence-corrected chi connectivity index (χ4v) is 3.85. The maximum atomic E-state index is 6.25. The highest BCUT2D eigenvalue weighted by Gasteiger charge is 2.54. The van der Waals surface area contributed by atoms with Crippen LogP contribution in [-0.2, 0) is 28.4 Å². The topological polar surface area (TPSA) is 55.4 Å². The van der Waals surface area contributed by atoms with E-state index >= 15 is 0 Å². The van der Waals surface area contributed by atoms with Gasteiger partial charge >= 0.3 is 0 Å². The first-order valence-corrected chi connectivity index (χ1v) is 8.47. The lowest BCUT2D eigenvalue weighted by molar-refractivity contribution is -0.344. The maximum absolute atomic E-state index is 6.25. The highest BCUT2D eigenvalue weighted by atomic mass is 16.8. The largest absolute Gasteiger partial charge is 0.348 e. The molecule has 3 fully saturated rings. The standard InChI is InChI=1S/C17H30O6/c1-10-13(11-8-18-15(2,3)21-11)14(23-17(6,7)20-10)12-9-19-16(4,5)22-12/h10-14H,8-9H2,1-7H3/t10-,11+,12+,13+,14+/m0/s1. The summed E-state index contributed by atoms with van der Waals surface area (Å²) in [6, 6.07) is 0. The molecule has 0 unspecified atom stereocenters. The molecule has 0 radical (unpaired) electrons. The Morgan fingerprint density at radius 1 is 0.652 bits per heavy atom. The Bertz CT molecular complexity index is 446. The monoisotopic (exact) mass is 330 g/mol. The molecule has 5 atom stereocenters. The van der Waals surface area contributed by atoms with Crippen molar-refractivity contribution in [2.75, 3.05) is 13.2 Å². The second kappa shape index (κ2) is 5.64. The molecule has 23 heavy (non-hydrogen) atoms. The fraction of sp³-hybridized carbons (Fsp3) is 1.00. The number of hydrogen-bond donors (Lipinski definition) is 0. The smallest absolute Gasteiger partial charge is 0.163 e. The van der Waals surface area contributed by atoms with E-state index < -0.39 is 17.4 Å². The molecule has 3 aliphatic heterocycles. The summed E-state index contributed by atoms with van der Waals surface area (Å²) in [4.78, 5) is 0. The molecule has 134 valence electrons. The van der Waals surface area contributed by atoms with E-state index in [2.05, 4.69) is 6.92 Å². The first-order chi connectivity index (χ1) is 10.5. The average Bonchev–Trinajstić information content (AvgIpc) is 2.89. The molecule has 0 aromatic carbocycles. The van der Waals surface area contributed by atoms with Gasteiger partial charge in [0, 0.05) is 5.92 Å². The number of hydrogen-bond acceptors (Lipinski definition) is 6. The molecule has 6 heteroatoms. The van der Waals surface area contributed by atoms with Gasteiger partial charge in [0.1, 0.15) is 6.10 Å². The van der Waals surface area contributed by atoms with Crippen LogP contribution in [0.25, 0.3) is 0 Å². The zero-order chi connectivity index (χ0) is 17.0. The summed E-state index contributed by atoms with van der Waals surface area (Å²) in [5.74, 6) is -1.80. The third-order valence-electron chi connectivity index (χ3n) is 4.67. The fourth-order valence-electron chi connectivity index (χ4n) is 3.85. The van der Waals surface area contributed by atoms with Gasteiger partial charge in [-0.05, 0) is 48.5 Å². The summed E-state index contributed by atoms with van der Waals surface area (Å²) in [7, 11) is 0. The predicted octanol–water partition coefficient (Wildman–Crippen LogP) is 2.45. The van der Waals surface area contributed by atoms with E-state index in [1.807, 2.05) is 41.5 Å². The Kier molecular flexibility index (Phi) is 4.31. The van der Waals surface area contributed by atoms with E-state index in [1.54, 1.807) is 0 Å². The van der Waals surface area contributed by atoms with Crippen LogP contribution in [0.2, 0.25) is 0 Å². The molecule has 3 rings (SSSR count). The molecule has 0 saturated carbocycles. The highest BCUT2D eigenvalue weighted by Crippen LogP contribution is 2.41. The van der Waals surface area contributed by atoms with Crippen molar-refractivity contribution in [1.82, 2.24) is 0 Å². The van der Waals surface area contributed by atoms with Gasteiger partial charge in [-0.25, -0.2) is 0 Å². The molecule has 0 spiro atoms. The molecule has 0 aromatic heterocycles. The van der Waals surface area contributed by atoms with Crippen LogP contribution in [0.15, 0.2) is 0 Å².